The fourth-order valence-corrected chi connectivity index (χ4v) is 4.93. The molecule has 3 aromatic carbocycles. The minimum absolute atomic E-state index is 0.00486. The Hall–Kier alpha value is -4.17. The van der Waals surface area contributed by atoms with Crippen LogP contribution in [0.2, 0.25) is 5.02 Å². The third-order valence-corrected chi connectivity index (χ3v) is 6.96. The van der Waals surface area contributed by atoms with Crippen molar-refractivity contribution < 1.29 is 9.72 Å². The molecule has 0 N–H and O–H groups in total. The number of non-ortho nitro benzene ring substituents is 1. The molecule has 188 valence electrons. The summed E-state index contributed by atoms with van der Waals surface area (Å²) in [6.45, 7) is 6.45. The molecule has 5 rings (SSSR count). The number of benzene rings is 3. The van der Waals surface area contributed by atoms with Crippen molar-refractivity contribution in [1.82, 2.24) is 14.7 Å². The van der Waals surface area contributed by atoms with Crippen molar-refractivity contribution in [1.29, 1.82) is 0 Å². The molecule has 0 atom stereocenters. The molecule has 0 aliphatic carbocycles. The van der Waals surface area contributed by atoms with Gasteiger partial charge in [-0.25, -0.2) is 4.68 Å². The first-order valence-electron chi connectivity index (χ1n) is 12.0. The van der Waals surface area contributed by atoms with Gasteiger partial charge in [0.05, 0.1) is 27.0 Å². The molecule has 1 amide bonds. The van der Waals surface area contributed by atoms with Crippen LogP contribution in [-0.4, -0.2) is 51.7 Å². The summed E-state index contributed by atoms with van der Waals surface area (Å²) in [5.41, 5.74) is 5.63. The van der Waals surface area contributed by atoms with Crippen LogP contribution in [-0.2, 0) is 0 Å². The predicted molar refractivity (Wildman–Crippen MR) is 145 cm³/mol. The summed E-state index contributed by atoms with van der Waals surface area (Å²) in [6, 6.07) is 21.7. The summed E-state index contributed by atoms with van der Waals surface area (Å²) in [4.78, 5) is 28.5. The molecule has 0 saturated carbocycles. The second-order valence-electron chi connectivity index (χ2n) is 9.15. The second kappa shape index (κ2) is 10.1. The minimum atomic E-state index is -0.435. The zero-order valence-electron chi connectivity index (χ0n) is 20.6. The molecule has 1 aliphatic heterocycles. The maximum absolute atomic E-state index is 13.8. The number of hydrogen-bond acceptors (Lipinski definition) is 5. The van der Waals surface area contributed by atoms with E-state index in [-0.39, 0.29) is 11.6 Å². The monoisotopic (exact) mass is 515 g/mol. The molecule has 0 unspecified atom stereocenters. The molecular formula is C28H26ClN5O3. The van der Waals surface area contributed by atoms with E-state index in [0.29, 0.717) is 48.2 Å². The van der Waals surface area contributed by atoms with E-state index >= 15 is 0 Å². The Bertz CT molecular complexity index is 1470. The van der Waals surface area contributed by atoms with Crippen LogP contribution in [0.5, 0.6) is 0 Å². The van der Waals surface area contributed by atoms with Crippen molar-refractivity contribution in [2.75, 3.05) is 31.1 Å². The van der Waals surface area contributed by atoms with Gasteiger partial charge in [0.15, 0.2) is 0 Å². The average Bonchev–Trinajstić information content (AvgIpc) is 3.34. The number of aryl methyl sites for hydroxylation is 2. The molecule has 0 radical (unpaired) electrons. The molecule has 2 heterocycles. The summed E-state index contributed by atoms with van der Waals surface area (Å²) >= 11 is 6.38. The van der Waals surface area contributed by atoms with Crippen molar-refractivity contribution >= 4 is 28.9 Å². The largest absolute Gasteiger partial charge is 0.367 e. The molecule has 0 bridgehead atoms. The predicted octanol–water partition coefficient (Wildman–Crippen LogP) is 5.68. The van der Waals surface area contributed by atoms with Crippen molar-refractivity contribution in [2.45, 2.75) is 13.8 Å². The summed E-state index contributed by atoms with van der Waals surface area (Å²) in [5, 5.41) is 16.6. The number of piperazine rings is 1. The zero-order valence-corrected chi connectivity index (χ0v) is 21.4. The van der Waals surface area contributed by atoms with Gasteiger partial charge in [-0.1, -0.05) is 41.4 Å². The molecule has 1 aromatic heterocycles. The van der Waals surface area contributed by atoms with E-state index in [4.69, 9.17) is 16.7 Å². The molecule has 1 fully saturated rings. The highest BCUT2D eigenvalue weighted by Crippen LogP contribution is 2.28. The van der Waals surface area contributed by atoms with E-state index in [2.05, 4.69) is 11.0 Å². The van der Waals surface area contributed by atoms with Gasteiger partial charge < -0.3 is 9.80 Å². The Labute approximate surface area is 219 Å². The molecule has 0 spiro atoms. The number of para-hydroxylation sites is 1. The van der Waals surface area contributed by atoms with Crippen molar-refractivity contribution in [3.63, 3.8) is 0 Å². The molecule has 1 aliphatic rings. The van der Waals surface area contributed by atoms with Gasteiger partial charge in [-0.3, -0.25) is 14.9 Å². The van der Waals surface area contributed by atoms with E-state index in [1.165, 1.54) is 12.1 Å². The highest BCUT2D eigenvalue weighted by molar-refractivity contribution is 6.33. The van der Waals surface area contributed by atoms with Gasteiger partial charge in [-0.2, -0.15) is 5.10 Å². The first-order valence-corrected chi connectivity index (χ1v) is 12.4. The third-order valence-electron chi connectivity index (χ3n) is 6.64. The van der Waals surface area contributed by atoms with E-state index in [1.807, 2.05) is 55.1 Å². The maximum Gasteiger partial charge on any atom is 0.272 e. The summed E-state index contributed by atoms with van der Waals surface area (Å²) < 4.78 is 1.69. The van der Waals surface area contributed by atoms with Crippen LogP contribution in [0.4, 0.5) is 11.4 Å². The number of amides is 1. The normalized spacial score (nSPS) is 13.6. The summed E-state index contributed by atoms with van der Waals surface area (Å²) in [6.07, 6.45) is 0. The Morgan fingerprint density at radius 3 is 2.27 bits per heavy atom. The SMILES string of the molecule is Cc1ccc(-n2nc(-c3ccc([N+](=O)[O-])cc3)cc2C(=O)N2CCN(c3ccccc3Cl)CC2)c(C)c1. The zero-order chi connectivity index (χ0) is 26.1. The van der Waals surface area contributed by atoms with Crippen LogP contribution in [0.15, 0.2) is 72.8 Å². The maximum atomic E-state index is 13.8. The number of nitrogens with zero attached hydrogens (tertiary/aromatic N) is 5. The smallest absolute Gasteiger partial charge is 0.272 e. The van der Waals surface area contributed by atoms with Crippen LogP contribution in [0.3, 0.4) is 0 Å². The van der Waals surface area contributed by atoms with Gasteiger partial charge in [0, 0.05) is 43.9 Å². The van der Waals surface area contributed by atoms with Crippen molar-refractivity contribution in [3.8, 4) is 16.9 Å². The van der Waals surface area contributed by atoms with Gasteiger partial charge in [-0.15, -0.1) is 0 Å². The standard InChI is InChI=1S/C28H26ClN5O3/c1-19-7-12-25(20(2)17-19)33-27(18-24(30-33)21-8-10-22(11-9-21)34(36)37)28(35)32-15-13-31(14-16-32)26-6-4-3-5-23(26)29/h3-12,17-18H,13-16H2,1-2H3. The topological polar surface area (TPSA) is 84.5 Å². The van der Waals surface area contributed by atoms with Gasteiger partial charge in [0.2, 0.25) is 0 Å². The summed E-state index contributed by atoms with van der Waals surface area (Å²) in [5.74, 6) is -0.112. The Balaban J connectivity index is 1.47. The first-order chi connectivity index (χ1) is 17.8. The fraction of sp³-hybridized carbons (Fsp3) is 0.214. The van der Waals surface area contributed by atoms with Gasteiger partial charge in [-0.05, 0) is 55.8 Å². The number of nitro groups is 1. The lowest BCUT2D eigenvalue weighted by Crippen LogP contribution is -2.49. The van der Waals surface area contributed by atoms with Gasteiger partial charge in [0.25, 0.3) is 11.6 Å². The molecule has 9 heteroatoms. The lowest BCUT2D eigenvalue weighted by atomic mass is 10.1. The lowest BCUT2D eigenvalue weighted by Gasteiger charge is -2.36. The third kappa shape index (κ3) is 4.93. The van der Waals surface area contributed by atoms with E-state index in [0.717, 1.165) is 22.5 Å². The fourth-order valence-electron chi connectivity index (χ4n) is 4.68. The van der Waals surface area contributed by atoms with E-state index < -0.39 is 4.92 Å². The van der Waals surface area contributed by atoms with Crippen LogP contribution in [0.25, 0.3) is 16.9 Å². The molecule has 37 heavy (non-hydrogen) atoms. The van der Waals surface area contributed by atoms with E-state index in [1.54, 1.807) is 22.9 Å². The lowest BCUT2D eigenvalue weighted by molar-refractivity contribution is -0.384. The van der Waals surface area contributed by atoms with Crippen molar-refractivity contribution in [2.24, 2.45) is 0 Å². The molecular weight excluding hydrogens is 490 g/mol. The van der Waals surface area contributed by atoms with Crippen LogP contribution in [0, 0.1) is 24.0 Å². The number of rotatable bonds is 5. The van der Waals surface area contributed by atoms with E-state index in [9.17, 15) is 14.9 Å². The Morgan fingerprint density at radius 2 is 1.62 bits per heavy atom. The minimum Gasteiger partial charge on any atom is -0.367 e. The quantitative estimate of drug-likeness (QED) is 0.252. The number of hydrogen-bond donors (Lipinski definition) is 0. The summed E-state index contributed by atoms with van der Waals surface area (Å²) in [7, 11) is 0. The number of carbonyl (C=O) groups excluding carboxylic acids is 1. The number of nitro benzene ring substituents is 1. The number of halogens is 1. The number of anilines is 1. The first kappa shape index (κ1) is 24.5. The molecule has 1 saturated heterocycles. The van der Waals surface area contributed by atoms with Gasteiger partial charge >= 0.3 is 0 Å². The van der Waals surface area contributed by atoms with Crippen LogP contribution < -0.4 is 4.90 Å². The Morgan fingerprint density at radius 1 is 0.919 bits per heavy atom. The average molecular weight is 516 g/mol. The molecule has 8 nitrogen and oxygen atoms in total. The number of aromatic nitrogens is 2. The van der Waals surface area contributed by atoms with Crippen molar-refractivity contribution in [3.05, 3.63) is 105 Å². The van der Waals surface area contributed by atoms with Gasteiger partial charge in [0.1, 0.15) is 5.69 Å². The highest BCUT2D eigenvalue weighted by atomic mass is 35.5. The highest BCUT2D eigenvalue weighted by Gasteiger charge is 2.27. The number of carbonyl (C=O) groups is 1. The Kier molecular flexibility index (Phi) is 6.67. The van der Waals surface area contributed by atoms with Crippen LogP contribution >= 0.6 is 11.6 Å². The second-order valence-corrected chi connectivity index (χ2v) is 9.56. The molecule has 4 aromatic rings. The van der Waals surface area contributed by atoms with Crippen LogP contribution in [0.1, 0.15) is 21.6 Å².